The molecule has 0 aliphatic carbocycles. The van der Waals surface area contributed by atoms with Crippen molar-refractivity contribution < 1.29 is 4.79 Å². The van der Waals surface area contributed by atoms with Gasteiger partial charge in [-0.05, 0) is 39.2 Å². The molecule has 0 radical (unpaired) electrons. The largest absolute Gasteiger partial charge is 0.331 e. The Morgan fingerprint density at radius 1 is 1.32 bits per heavy atom. The molecule has 2 N–H and O–H groups in total. The quantitative estimate of drug-likeness (QED) is 0.846. The summed E-state index contributed by atoms with van der Waals surface area (Å²) in [5.41, 5.74) is 3.89. The molecule has 0 saturated carbocycles. The zero-order chi connectivity index (χ0) is 16.3. The third-order valence-electron chi connectivity index (χ3n) is 3.70. The molecule has 0 aliphatic rings. The summed E-state index contributed by atoms with van der Waals surface area (Å²) in [6.45, 7) is 5.94. The summed E-state index contributed by atoms with van der Waals surface area (Å²) in [7, 11) is 1.91. The van der Waals surface area contributed by atoms with E-state index in [4.69, 9.17) is 0 Å². The fraction of sp³-hybridized carbons (Fsp3) is 0.375. The number of para-hydroxylation sites is 1. The number of urea groups is 1. The van der Waals surface area contributed by atoms with Gasteiger partial charge in [0, 0.05) is 23.2 Å². The third-order valence-corrected chi connectivity index (χ3v) is 4.50. The highest BCUT2D eigenvalue weighted by molar-refractivity contribution is 7.98. The first-order valence-electron chi connectivity index (χ1n) is 7.14. The molecule has 1 aromatic carbocycles. The van der Waals surface area contributed by atoms with Crippen molar-refractivity contribution in [2.45, 2.75) is 31.7 Å². The molecular formula is C16H22N4OS. The van der Waals surface area contributed by atoms with Gasteiger partial charge in [-0.15, -0.1) is 11.8 Å². The van der Waals surface area contributed by atoms with Crippen LogP contribution >= 0.6 is 11.8 Å². The van der Waals surface area contributed by atoms with Gasteiger partial charge in [0.05, 0.1) is 17.4 Å². The zero-order valence-electron chi connectivity index (χ0n) is 13.6. The normalized spacial score (nSPS) is 12.0. The highest BCUT2D eigenvalue weighted by Gasteiger charge is 2.18. The maximum atomic E-state index is 12.2. The number of aryl methyl sites for hydroxylation is 2. The summed E-state index contributed by atoms with van der Waals surface area (Å²) in [5, 5.41) is 10.3. The van der Waals surface area contributed by atoms with E-state index >= 15 is 0 Å². The van der Waals surface area contributed by atoms with Gasteiger partial charge in [-0.2, -0.15) is 5.10 Å². The van der Waals surface area contributed by atoms with E-state index in [0.29, 0.717) is 0 Å². The SMILES string of the molecule is CSc1ccccc1NC(=O)N[C@@H](C)c1c(C)nn(C)c1C. The number of benzene rings is 1. The van der Waals surface area contributed by atoms with Crippen LogP contribution in [0.2, 0.25) is 0 Å². The molecule has 5 nitrogen and oxygen atoms in total. The number of carbonyl (C=O) groups excluding carboxylic acids is 1. The number of nitrogens with zero attached hydrogens (tertiary/aromatic N) is 2. The maximum absolute atomic E-state index is 12.2. The lowest BCUT2D eigenvalue weighted by atomic mass is 10.1. The van der Waals surface area contributed by atoms with Crippen LogP contribution in [-0.2, 0) is 7.05 Å². The molecule has 0 bridgehead atoms. The molecule has 118 valence electrons. The molecule has 0 fully saturated rings. The Morgan fingerprint density at radius 2 is 2.00 bits per heavy atom. The smallest absolute Gasteiger partial charge is 0.319 e. The Balaban J connectivity index is 2.08. The van der Waals surface area contributed by atoms with Crippen LogP contribution in [0, 0.1) is 13.8 Å². The average Bonchev–Trinajstić information content (AvgIpc) is 2.72. The molecule has 2 aromatic rings. The monoisotopic (exact) mass is 318 g/mol. The van der Waals surface area contributed by atoms with Crippen molar-refractivity contribution >= 4 is 23.5 Å². The number of amides is 2. The lowest BCUT2D eigenvalue weighted by Gasteiger charge is -2.16. The van der Waals surface area contributed by atoms with E-state index < -0.39 is 0 Å². The van der Waals surface area contributed by atoms with Crippen LogP contribution < -0.4 is 10.6 Å². The number of carbonyl (C=O) groups is 1. The molecule has 0 spiro atoms. The van der Waals surface area contributed by atoms with E-state index in [9.17, 15) is 4.79 Å². The van der Waals surface area contributed by atoms with Crippen LogP contribution in [0.1, 0.15) is 29.9 Å². The highest BCUT2D eigenvalue weighted by Crippen LogP contribution is 2.25. The summed E-state index contributed by atoms with van der Waals surface area (Å²) >= 11 is 1.61. The van der Waals surface area contributed by atoms with Crippen molar-refractivity contribution in [2.24, 2.45) is 7.05 Å². The van der Waals surface area contributed by atoms with E-state index in [1.165, 1.54) is 0 Å². The predicted octanol–water partition coefficient (Wildman–Crippen LogP) is 3.64. The van der Waals surface area contributed by atoms with E-state index in [-0.39, 0.29) is 12.1 Å². The molecule has 22 heavy (non-hydrogen) atoms. The average molecular weight is 318 g/mol. The van der Waals surface area contributed by atoms with Gasteiger partial charge in [0.1, 0.15) is 0 Å². The predicted molar refractivity (Wildman–Crippen MR) is 91.5 cm³/mol. The number of rotatable bonds is 4. The second kappa shape index (κ2) is 6.87. The van der Waals surface area contributed by atoms with Crippen LogP contribution in [-0.4, -0.2) is 22.1 Å². The number of hydrogen-bond donors (Lipinski definition) is 2. The molecule has 1 aromatic heterocycles. The minimum atomic E-state index is -0.211. The summed E-state index contributed by atoms with van der Waals surface area (Å²) in [4.78, 5) is 13.3. The number of hydrogen-bond acceptors (Lipinski definition) is 3. The number of aromatic nitrogens is 2. The molecule has 2 rings (SSSR count). The maximum Gasteiger partial charge on any atom is 0.319 e. The van der Waals surface area contributed by atoms with Crippen LogP contribution in [0.15, 0.2) is 29.2 Å². The first-order valence-corrected chi connectivity index (χ1v) is 8.37. The fourth-order valence-corrected chi connectivity index (χ4v) is 3.15. The van der Waals surface area contributed by atoms with Gasteiger partial charge >= 0.3 is 6.03 Å². The van der Waals surface area contributed by atoms with Gasteiger partial charge in [0.15, 0.2) is 0 Å². The van der Waals surface area contributed by atoms with Gasteiger partial charge in [0.25, 0.3) is 0 Å². The first kappa shape index (κ1) is 16.4. The zero-order valence-corrected chi connectivity index (χ0v) is 14.4. The van der Waals surface area contributed by atoms with Crippen molar-refractivity contribution in [3.05, 3.63) is 41.2 Å². The van der Waals surface area contributed by atoms with Crippen LogP contribution in [0.3, 0.4) is 0 Å². The highest BCUT2D eigenvalue weighted by atomic mass is 32.2. The van der Waals surface area contributed by atoms with Gasteiger partial charge in [0.2, 0.25) is 0 Å². The Morgan fingerprint density at radius 3 is 2.59 bits per heavy atom. The molecule has 0 unspecified atom stereocenters. The van der Waals surface area contributed by atoms with Crippen LogP contribution in [0.4, 0.5) is 10.5 Å². The fourth-order valence-electron chi connectivity index (χ4n) is 2.59. The molecule has 0 saturated heterocycles. The summed E-state index contributed by atoms with van der Waals surface area (Å²) in [5.74, 6) is 0. The Labute approximate surface area is 135 Å². The van der Waals surface area contributed by atoms with Crippen molar-refractivity contribution in [1.29, 1.82) is 0 Å². The molecule has 0 aliphatic heterocycles. The molecule has 6 heteroatoms. The number of thioether (sulfide) groups is 1. The Hall–Kier alpha value is -1.95. The topological polar surface area (TPSA) is 59.0 Å². The van der Waals surface area contributed by atoms with Crippen LogP contribution in [0.5, 0.6) is 0 Å². The minimum Gasteiger partial charge on any atom is -0.331 e. The second-order valence-electron chi connectivity index (χ2n) is 5.23. The second-order valence-corrected chi connectivity index (χ2v) is 6.08. The third kappa shape index (κ3) is 3.44. The molecular weight excluding hydrogens is 296 g/mol. The van der Waals surface area contributed by atoms with Crippen LogP contribution in [0.25, 0.3) is 0 Å². The standard InChI is InChI=1S/C16H22N4OS/c1-10(15-11(2)19-20(4)12(15)3)17-16(21)18-13-8-6-7-9-14(13)22-5/h6-10H,1-5H3,(H2,17,18,21)/t10-/m0/s1. The Bertz CT molecular complexity index is 681. The van der Waals surface area contributed by atoms with Gasteiger partial charge in [-0.25, -0.2) is 4.79 Å². The number of nitrogens with one attached hydrogen (secondary N) is 2. The van der Waals surface area contributed by atoms with Crippen molar-refractivity contribution in [1.82, 2.24) is 15.1 Å². The number of anilines is 1. The van der Waals surface area contributed by atoms with E-state index in [1.807, 2.05) is 63.0 Å². The molecule has 2 amide bonds. The molecule has 1 heterocycles. The van der Waals surface area contributed by atoms with Crippen molar-refractivity contribution in [3.63, 3.8) is 0 Å². The van der Waals surface area contributed by atoms with E-state index in [1.54, 1.807) is 11.8 Å². The lowest BCUT2D eigenvalue weighted by molar-refractivity contribution is 0.249. The van der Waals surface area contributed by atoms with Gasteiger partial charge in [-0.3, -0.25) is 4.68 Å². The van der Waals surface area contributed by atoms with Crippen molar-refractivity contribution in [2.75, 3.05) is 11.6 Å². The van der Waals surface area contributed by atoms with Gasteiger partial charge in [-0.1, -0.05) is 12.1 Å². The van der Waals surface area contributed by atoms with E-state index in [0.717, 1.165) is 27.5 Å². The lowest BCUT2D eigenvalue weighted by Crippen LogP contribution is -2.31. The van der Waals surface area contributed by atoms with E-state index in [2.05, 4.69) is 15.7 Å². The summed E-state index contributed by atoms with van der Waals surface area (Å²) in [6.07, 6.45) is 1.99. The molecule has 1 atom stereocenters. The minimum absolute atomic E-state index is 0.102. The summed E-state index contributed by atoms with van der Waals surface area (Å²) in [6, 6.07) is 7.44. The first-order chi connectivity index (χ1) is 10.4. The Kier molecular flexibility index (Phi) is 5.13. The van der Waals surface area contributed by atoms with Crippen molar-refractivity contribution in [3.8, 4) is 0 Å². The summed E-state index contributed by atoms with van der Waals surface area (Å²) < 4.78 is 1.84. The van der Waals surface area contributed by atoms with Gasteiger partial charge < -0.3 is 10.6 Å².